The van der Waals surface area contributed by atoms with E-state index >= 15 is 0 Å². The van der Waals surface area contributed by atoms with Crippen LogP contribution in [-0.4, -0.2) is 4.89 Å². The zero-order valence-electron chi connectivity index (χ0n) is 11.4. The smallest absolute Gasteiger partial charge is 0.218 e. The van der Waals surface area contributed by atoms with Gasteiger partial charge in [-0.05, 0) is 28.9 Å². The first-order valence-electron chi connectivity index (χ1n) is 5.96. The second kappa shape index (κ2) is 4.96. The Morgan fingerprint density at radius 1 is 1.12 bits per heavy atom. The first kappa shape index (κ1) is 14.5. The zero-order valence-corrected chi connectivity index (χ0v) is 12.4. The van der Waals surface area contributed by atoms with Crippen LogP contribution in [0.25, 0.3) is 0 Å². The number of hydrogen-bond donors (Lipinski definition) is 1. The minimum atomic E-state index is -2.63. The van der Waals surface area contributed by atoms with E-state index in [2.05, 4.69) is 34.6 Å². The lowest BCUT2D eigenvalue weighted by molar-refractivity contribution is 0.285. The van der Waals surface area contributed by atoms with Crippen molar-refractivity contribution >= 4 is 13.3 Å². The maximum absolute atomic E-state index is 11.4. The van der Waals surface area contributed by atoms with Crippen molar-refractivity contribution in [1.29, 1.82) is 0 Å². The predicted molar refractivity (Wildman–Crippen MR) is 74.4 cm³/mol. The molecule has 0 saturated heterocycles. The van der Waals surface area contributed by atoms with E-state index in [1.165, 1.54) is 0 Å². The van der Waals surface area contributed by atoms with E-state index in [1.807, 2.05) is 18.2 Å². The molecular weight excluding hydrogens is 231 g/mol. The quantitative estimate of drug-likeness (QED) is 0.838. The molecular formula is C14H23O2P. The first-order valence-corrected chi connectivity index (χ1v) is 7.32. The van der Waals surface area contributed by atoms with Crippen molar-refractivity contribution < 1.29 is 9.46 Å². The van der Waals surface area contributed by atoms with Crippen LogP contribution in [0.5, 0.6) is 0 Å². The van der Waals surface area contributed by atoms with Crippen molar-refractivity contribution in [3.63, 3.8) is 0 Å². The van der Waals surface area contributed by atoms with Crippen molar-refractivity contribution in [3.8, 4) is 0 Å². The molecule has 1 aromatic rings. The highest BCUT2D eigenvalue weighted by Crippen LogP contribution is 2.37. The van der Waals surface area contributed by atoms with Crippen molar-refractivity contribution in [2.24, 2.45) is 5.41 Å². The van der Waals surface area contributed by atoms with Gasteiger partial charge in [0.05, 0.1) is 0 Å². The minimum Gasteiger partial charge on any atom is -0.343 e. The second-order valence-electron chi connectivity index (χ2n) is 6.47. The molecule has 3 heteroatoms. The summed E-state index contributed by atoms with van der Waals surface area (Å²) < 4.78 is 11.4. The van der Waals surface area contributed by atoms with Crippen molar-refractivity contribution in [2.45, 2.75) is 46.5 Å². The standard InChI is InChI=1S/C14H23O2P/c1-13(2,3)10-14(4,5)11-8-6-7-9-12(11)17(15)16/h6-9,17H,10H2,1-5H3,(H,15,16). The van der Waals surface area contributed by atoms with E-state index in [0.29, 0.717) is 5.30 Å². The fraction of sp³-hybridized carbons (Fsp3) is 0.571. The number of benzene rings is 1. The fourth-order valence-corrected chi connectivity index (χ4v) is 3.57. The third-order valence-electron chi connectivity index (χ3n) is 2.86. The largest absolute Gasteiger partial charge is 0.343 e. The van der Waals surface area contributed by atoms with Gasteiger partial charge in [0.1, 0.15) is 0 Å². The van der Waals surface area contributed by atoms with Gasteiger partial charge in [0.25, 0.3) is 0 Å². The molecule has 1 aromatic carbocycles. The molecule has 0 radical (unpaired) electrons. The summed E-state index contributed by atoms with van der Waals surface area (Å²) in [5.74, 6) is 0. The van der Waals surface area contributed by atoms with Gasteiger partial charge in [-0.15, -0.1) is 0 Å². The van der Waals surface area contributed by atoms with Crippen LogP contribution in [0.1, 0.15) is 46.6 Å². The Morgan fingerprint density at radius 3 is 2.12 bits per heavy atom. The lowest BCUT2D eigenvalue weighted by Gasteiger charge is -2.34. The van der Waals surface area contributed by atoms with Crippen LogP contribution in [-0.2, 0) is 9.98 Å². The van der Waals surface area contributed by atoms with Crippen LogP contribution in [0.4, 0.5) is 0 Å². The maximum Gasteiger partial charge on any atom is 0.218 e. The van der Waals surface area contributed by atoms with Crippen LogP contribution in [0, 0.1) is 5.41 Å². The van der Waals surface area contributed by atoms with Gasteiger partial charge in [0.15, 0.2) is 0 Å². The third-order valence-corrected chi connectivity index (χ3v) is 3.76. The summed E-state index contributed by atoms with van der Waals surface area (Å²) in [5, 5.41) is 0.603. The summed E-state index contributed by atoms with van der Waals surface area (Å²) in [7, 11) is -2.63. The Balaban J connectivity index is 3.19. The van der Waals surface area contributed by atoms with E-state index in [9.17, 15) is 9.46 Å². The predicted octanol–water partition coefficient (Wildman–Crippen LogP) is 3.49. The highest BCUT2D eigenvalue weighted by atomic mass is 31.1. The van der Waals surface area contributed by atoms with Crippen molar-refractivity contribution in [1.82, 2.24) is 0 Å². The normalized spacial score (nSPS) is 14.7. The fourth-order valence-electron chi connectivity index (χ4n) is 2.68. The Labute approximate surface area is 105 Å². The highest BCUT2D eigenvalue weighted by Gasteiger charge is 2.29. The van der Waals surface area contributed by atoms with Gasteiger partial charge in [-0.2, -0.15) is 0 Å². The van der Waals surface area contributed by atoms with Crippen LogP contribution >= 0.6 is 8.03 Å². The summed E-state index contributed by atoms with van der Waals surface area (Å²) in [6.45, 7) is 10.9. The molecule has 0 saturated carbocycles. The Kier molecular flexibility index (Phi) is 4.22. The minimum absolute atomic E-state index is 0.0854. The van der Waals surface area contributed by atoms with Crippen molar-refractivity contribution in [3.05, 3.63) is 29.8 Å². The topological polar surface area (TPSA) is 37.3 Å². The molecule has 96 valence electrons. The monoisotopic (exact) mass is 254 g/mol. The average Bonchev–Trinajstić information content (AvgIpc) is 2.14. The molecule has 1 atom stereocenters. The molecule has 1 rings (SSSR count). The molecule has 0 heterocycles. The molecule has 0 amide bonds. The first-order chi connectivity index (χ1) is 7.63. The summed E-state index contributed by atoms with van der Waals surface area (Å²) in [6.07, 6.45) is 0.978. The van der Waals surface area contributed by atoms with Gasteiger partial charge in [-0.3, -0.25) is 4.57 Å². The second-order valence-corrected chi connectivity index (χ2v) is 7.62. The van der Waals surface area contributed by atoms with Crippen LogP contribution in [0.3, 0.4) is 0 Å². The van der Waals surface area contributed by atoms with Gasteiger partial charge >= 0.3 is 0 Å². The summed E-state index contributed by atoms with van der Waals surface area (Å²) in [5.41, 5.74) is 1.11. The van der Waals surface area contributed by atoms with Crippen LogP contribution in [0.2, 0.25) is 0 Å². The molecule has 0 aliphatic rings. The number of hydrogen-bond acceptors (Lipinski definition) is 1. The summed E-state index contributed by atoms with van der Waals surface area (Å²) in [6, 6.07) is 7.50. The highest BCUT2D eigenvalue weighted by molar-refractivity contribution is 7.47. The van der Waals surface area contributed by atoms with E-state index in [4.69, 9.17) is 0 Å². The third kappa shape index (κ3) is 3.97. The van der Waals surface area contributed by atoms with Crippen LogP contribution < -0.4 is 5.30 Å². The molecule has 1 N–H and O–H groups in total. The molecule has 0 aliphatic carbocycles. The van der Waals surface area contributed by atoms with E-state index in [1.54, 1.807) is 6.07 Å². The molecule has 0 aromatic heterocycles. The molecule has 0 aliphatic heterocycles. The van der Waals surface area contributed by atoms with Gasteiger partial charge < -0.3 is 4.89 Å². The van der Waals surface area contributed by atoms with Gasteiger partial charge in [0, 0.05) is 5.30 Å². The summed E-state index contributed by atoms with van der Waals surface area (Å²) in [4.78, 5) is 9.41. The van der Waals surface area contributed by atoms with Crippen molar-refractivity contribution in [2.75, 3.05) is 0 Å². The molecule has 2 nitrogen and oxygen atoms in total. The number of rotatable bonds is 3. The lowest BCUT2D eigenvalue weighted by atomic mass is 9.72. The van der Waals surface area contributed by atoms with E-state index in [0.717, 1.165) is 12.0 Å². The SMILES string of the molecule is CC(C)(C)CC(C)(C)c1ccccc1[PH](=O)O. The molecule has 1 unspecified atom stereocenters. The Morgan fingerprint density at radius 2 is 1.65 bits per heavy atom. The Bertz CT molecular complexity index is 416. The van der Waals surface area contributed by atoms with E-state index < -0.39 is 8.03 Å². The summed E-state index contributed by atoms with van der Waals surface area (Å²) >= 11 is 0. The molecule has 0 bridgehead atoms. The zero-order chi connectivity index (χ0) is 13.3. The average molecular weight is 254 g/mol. The van der Waals surface area contributed by atoms with Crippen LogP contribution in [0.15, 0.2) is 24.3 Å². The van der Waals surface area contributed by atoms with Gasteiger partial charge in [0.2, 0.25) is 8.03 Å². The Hall–Kier alpha value is -0.590. The molecule has 0 fully saturated rings. The van der Waals surface area contributed by atoms with Gasteiger partial charge in [-0.1, -0.05) is 52.8 Å². The lowest BCUT2D eigenvalue weighted by Crippen LogP contribution is -2.29. The van der Waals surface area contributed by atoms with E-state index in [-0.39, 0.29) is 10.8 Å². The molecule has 17 heavy (non-hydrogen) atoms. The van der Waals surface area contributed by atoms with Gasteiger partial charge in [-0.25, -0.2) is 0 Å². The molecule has 0 spiro atoms. The maximum atomic E-state index is 11.4.